The highest BCUT2D eigenvalue weighted by Gasteiger charge is 2.32. The molecule has 0 fully saturated rings. The van der Waals surface area contributed by atoms with Crippen LogP contribution in [0, 0.1) is 5.82 Å². The molecular weight excluding hydrogens is 321 g/mol. The summed E-state index contributed by atoms with van der Waals surface area (Å²) in [5.74, 6) is 0.211. The Kier molecular flexibility index (Phi) is 5.28. The number of carbonyl (C=O) groups is 1. The maximum absolute atomic E-state index is 13.4. The van der Waals surface area contributed by atoms with Crippen molar-refractivity contribution < 1.29 is 13.9 Å². The minimum absolute atomic E-state index is 0.0738. The Morgan fingerprint density at radius 1 is 1.24 bits per heavy atom. The number of benzene rings is 1. The fraction of sp³-hybridized carbons (Fsp3) is 0.368. The van der Waals surface area contributed by atoms with Crippen molar-refractivity contribution in [2.75, 3.05) is 27.2 Å². The van der Waals surface area contributed by atoms with Crippen molar-refractivity contribution in [1.29, 1.82) is 0 Å². The van der Waals surface area contributed by atoms with E-state index in [2.05, 4.69) is 4.98 Å². The summed E-state index contributed by atoms with van der Waals surface area (Å²) in [5.41, 5.74) is 1.76. The molecule has 1 amide bonds. The number of hydrogen-bond donors (Lipinski definition) is 0. The van der Waals surface area contributed by atoms with Crippen molar-refractivity contribution in [2.45, 2.75) is 19.1 Å². The molecule has 6 heteroatoms. The van der Waals surface area contributed by atoms with Crippen LogP contribution in [0.3, 0.4) is 0 Å². The molecule has 0 bridgehead atoms. The quantitative estimate of drug-likeness (QED) is 0.806. The largest absolute Gasteiger partial charge is 0.480 e. The molecular formula is C19H22FN3O2. The fourth-order valence-electron chi connectivity index (χ4n) is 2.85. The van der Waals surface area contributed by atoms with E-state index < -0.39 is 6.10 Å². The van der Waals surface area contributed by atoms with Gasteiger partial charge in [0.25, 0.3) is 5.91 Å². The first-order valence-electron chi connectivity index (χ1n) is 8.30. The molecule has 132 valence electrons. The van der Waals surface area contributed by atoms with E-state index in [9.17, 15) is 9.18 Å². The molecule has 0 radical (unpaired) electrons. The number of amides is 1. The first-order valence-corrected chi connectivity index (χ1v) is 8.30. The van der Waals surface area contributed by atoms with Crippen molar-refractivity contribution >= 4 is 5.91 Å². The van der Waals surface area contributed by atoms with Crippen LogP contribution < -0.4 is 4.74 Å². The predicted octanol–water partition coefficient (Wildman–Crippen LogP) is 2.11. The third kappa shape index (κ3) is 4.33. The highest BCUT2D eigenvalue weighted by Crippen LogP contribution is 2.30. The number of rotatable bonds is 6. The van der Waals surface area contributed by atoms with Crippen LogP contribution in [0.25, 0.3) is 0 Å². The second-order valence-corrected chi connectivity index (χ2v) is 6.48. The normalized spacial score (nSPS) is 15.8. The van der Waals surface area contributed by atoms with Crippen LogP contribution in [0.2, 0.25) is 0 Å². The van der Waals surface area contributed by atoms with E-state index in [0.717, 1.165) is 17.7 Å². The maximum atomic E-state index is 13.4. The lowest BCUT2D eigenvalue weighted by Gasteiger charge is -2.26. The number of ether oxygens (including phenoxy) is 1. The molecule has 0 aliphatic carbocycles. The lowest BCUT2D eigenvalue weighted by molar-refractivity contribution is -0.138. The maximum Gasteiger partial charge on any atom is 0.264 e. The van der Waals surface area contributed by atoms with Gasteiger partial charge in [0, 0.05) is 44.0 Å². The van der Waals surface area contributed by atoms with E-state index in [4.69, 9.17) is 4.74 Å². The molecule has 1 unspecified atom stereocenters. The van der Waals surface area contributed by atoms with Crippen molar-refractivity contribution in [3.8, 4) is 5.75 Å². The number of hydrogen-bond acceptors (Lipinski definition) is 4. The van der Waals surface area contributed by atoms with Gasteiger partial charge in [-0.3, -0.25) is 9.78 Å². The summed E-state index contributed by atoms with van der Waals surface area (Å²) in [6.07, 6.45) is 3.24. The molecule has 3 rings (SSSR count). The zero-order valence-corrected chi connectivity index (χ0v) is 14.5. The fourth-order valence-corrected chi connectivity index (χ4v) is 2.85. The Morgan fingerprint density at radius 3 is 2.72 bits per heavy atom. The van der Waals surface area contributed by atoms with Gasteiger partial charge in [-0.1, -0.05) is 0 Å². The van der Waals surface area contributed by atoms with Gasteiger partial charge in [0.1, 0.15) is 11.6 Å². The van der Waals surface area contributed by atoms with Gasteiger partial charge >= 0.3 is 0 Å². The van der Waals surface area contributed by atoms with E-state index in [0.29, 0.717) is 25.3 Å². The van der Waals surface area contributed by atoms with Gasteiger partial charge in [-0.05, 0) is 50.0 Å². The van der Waals surface area contributed by atoms with Crippen LogP contribution >= 0.6 is 0 Å². The van der Waals surface area contributed by atoms with Crippen molar-refractivity contribution in [2.24, 2.45) is 0 Å². The van der Waals surface area contributed by atoms with Crippen LogP contribution in [0.5, 0.6) is 5.75 Å². The van der Waals surface area contributed by atoms with Gasteiger partial charge in [-0.15, -0.1) is 0 Å². The minimum Gasteiger partial charge on any atom is -0.480 e. The highest BCUT2D eigenvalue weighted by molar-refractivity contribution is 5.82. The Labute approximate surface area is 147 Å². The third-order valence-corrected chi connectivity index (χ3v) is 4.22. The molecule has 0 N–H and O–H groups in total. The summed E-state index contributed by atoms with van der Waals surface area (Å²) >= 11 is 0. The van der Waals surface area contributed by atoms with Crippen molar-refractivity contribution in [1.82, 2.24) is 14.8 Å². The Balaban J connectivity index is 1.72. The zero-order chi connectivity index (χ0) is 17.8. The van der Waals surface area contributed by atoms with Crippen LogP contribution in [0.1, 0.15) is 11.1 Å². The Hall–Kier alpha value is -2.47. The summed E-state index contributed by atoms with van der Waals surface area (Å²) in [6.45, 7) is 1.85. The van der Waals surface area contributed by atoms with Gasteiger partial charge in [0.2, 0.25) is 0 Å². The SMILES string of the molecule is CN(C)CCN(Cc1ccncc1)C(=O)C1Cc2cc(F)ccc2O1. The molecule has 1 aliphatic rings. The summed E-state index contributed by atoms with van der Waals surface area (Å²) < 4.78 is 19.1. The topological polar surface area (TPSA) is 45.7 Å². The van der Waals surface area contributed by atoms with Gasteiger partial charge in [-0.25, -0.2) is 4.39 Å². The van der Waals surface area contributed by atoms with E-state index >= 15 is 0 Å². The zero-order valence-electron chi connectivity index (χ0n) is 14.5. The first-order chi connectivity index (χ1) is 12.0. The van der Waals surface area contributed by atoms with E-state index in [1.54, 1.807) is 23.4 Å². The van der Waals surface area contributed by atoms with Crippen LogP contribution in [-0.4, -0.2) is 54.0 Å². The monoisotopic (exact) mass is 343 g/mol. The van der Waals surface area contributed by atoms with Gasteiger partial charge in [0.15, 0.2) is 6.10 Å². The Morgan fingerprint density at radius 2 is 2.00 bits per heavy atom. The molecule has 2 aromatic rings. The van der Waals surface area contributed by atoms with Crippen molar-refractivity contribution in [3.05, 3.63) is 59.7 Å². The van der Waals surface area contributed by atoms with Crippen molar-refractivity contribution in [3.63, 3.8) is 0 Å². The molecule has 0 saturated carbocycles. The lowest BCUT2D eigenvalue weighted by Crippen LogP contribution is -2.43. The van der Waals surface area contributed by atoms with Gasteiger partial charge < -0.3 is 14.5 Å². The van der Waals surface area contributed by atoms with E-state index in [-0.39, 0.29) is 11.7 Å². The number of aromatic nitrogens is 1. The minimum atomic E-state index is -0.596. The lowest BCUT2D eigenvalue weighted by atomic mass is 10.1. The molecule has 0 saturated heterocycles. The third-order valence-electron chi connectivity index (χ3n) is 4.22. The van der Waals surface area contributed by atoms with E-state index in [1.807, 2.05) is 31.1 Å². The molecule has 2 heterocycles. The number of nitrogens with zero attached hydrogens (tertiary/aromatic N) is 3. The standard InChI is InChI=1S/C19H22FN3O2/c1-22(2)9-10-23(13-14-5-7-21-8-6-14)19(24)18-12-15-11-16(20)3-4-17(15)25-18/h3-8,11,18H,9-10,12-13H2,1-2H3. The summed E-state index contributed by atoms with van der Waals surface area (Å²) in [7, 11) is 3.94. The molecule has 0 spiro atoms. The van der Waals surface area contributed by atoms with Gasteiger partial charge in [0.05, 0.1) is 0 Å². The average molecular weight is 343 g/mol. The number of pyridine rings is 1. The molecule has 1 aliphatic heterocycles. The van der Waals surface area contributed by atoms with Crippen LogP contribution in [0.15, 0.2) is 42.7 Å². The number of halogens is 1. The molecule has 5 nitrogen and oxygen atoms in total. The average Bonchev–Trinajstić information content (AvgIpc) is 3.01. The molecule has 1 atom stereocenters. The summed E-state index contributed by atoms with van der Waals surface area (Å²) in [4.78, 5) is 20.8. The van der Waals surface area contributed by atoms with Crippen LogP contribution in [0.4, 0.5) is 4.39 Å². The smallest absolute Gasteiger partial charge is 0.264 e. The first kappa shape index (κ1) is 17.4. The second kappa shape index (κ2) is 7.61. The van der Waals surface area contributed by atoms with Gasteiger partial charge in [-0.2, -0.15) is 0 Å². The number of fused-ring (bicyclic) bond motifs is 1. The van der Waals surface area contributed by atoms with Crippen LogP contribution in [-0.2, 0) is 17.8 Å². The summed E-state index contributed by atoms with van der Waals surface area (Å²) in [5, 5.41) is 0. The van der Waals surface area contributed by atoms with E-state index in [1.165, 1.54) is 12.1 Å². The number of likely N-dealkylation sites (N-methyl/N-ethyl adjacent to an activating group) is 1. The molecule has 1 aromatic carbocycles. The summed E-state index contributed by atoms with van der Waals surface area (Å²) in [6, 6.07) is 8.18. The second-order valence-electron chi connectivity index (χ2n) is 6.48. The highest BCUT2D eigenvalue weighted by atomic mass is 19.1. The molecule has 1 aromatic heterocycles. The number of carbonyl (C=O) groups excluding carboxylic acids is 1. The predicted molar refractivity (Wildman–Crippen MR) is 92.7 cm³/mol. The molecule has 25 heavy (non-hydrogen) atoms. The Bertz CT molecular complexity index is 737.